The molecule has 0 unspecified atom stereocenters. The van der Waals surface area contributed by atoms with E-state index in [0.29, 0.717) is 45.0 Å². The number of nitrogens with zero attached hydrogens (tertiary/aromatic N) is 3. The molecule has 1 N–H and O–H groups in total. The SMILES string of the molecule is COc1cccc(CNC(=O)CN2CCN(C(=O)c3cc(C)no3)CC2)c1. The quantitative estimate of drug-likeness (QED) is 0.816. The van der Waals surface area contributed by atoms with Gasteiger partial charge in [0.2, 0.25) is 11.7 Å². The normalized spacial score (nSPS) is 14.8. The van der Waals surface area contributed by atoms with Crippen LogP contribution >= 0.6 is 0 Å². The van der Waals surface area contributed by atoms with Crippen molar-refractivity contribution in [1.29, 1.82) is 0 Å². The molecule has 8 nitrogen and oxygen atoms in total. The fourth-order valence-corrected chi connectivity index (χ4v) is 2.97. The van der Waals surface area contributed by atoms with Crippen LogP contribution in [0.2, 0.25) is 0 Å². The number of piperazine rings is 1. The number of carbonyl (C=O) groups is 2. The molecule has 0 spiro atoms. The van der Waals surface area contributed by atoms with Gasteiger partial charge in [-0.2, -0.15) is 0 Å². The molecule has 2 heterocycles. The topological polar surface area (TPSA) is 87.9 Å². The first kappa shape index (κ1) is 18.9. The summed E-state index contributed by atoms with van der Waals surface area (Å²) >= 11 is 0. The first-order valence-electron chi connectivity index (χ1n) is 8.90. The molecule has 0 saturated carbocycles. The predicted molar refractivity (Wildman–Crippen MR) is 98.4 cm³/mol. The Balaban J connectivity index is 1.42. The lowest BCUT2D eigenvalue weighted by atomic mass is 10.2. The van der Waals surface area contributed by atoms with Gasteiger partial charge in [-0.1, -0.05) is 17.3 Å². The van der Waals surface area contributed by atoms with Crippen molar-refractivity contribution in [2.45, 2.75) is 13.5 Å². The Bertz CT molecular complexity index is 797. The van der Waals surface area contributed by atoms with Gasteiger partial charge in [-0.25, -0.2) is 0 Å². The molecular weight excluding hydrogens is 348 g/mol. The van der Waals surface area contributed by atoms with E-state index < -0.39 is 0 Å². The van der Waals surface area contributed by atoms with Gasteiger partial charge in [0.15, 0.2) is 0 Å². The Morgan fingerprint density at radius 1 is 1.22 bits per heavy atom. The number of nitrogens with one attached hydrogen (secondary N) is 1. The average Bonchev–Trinajstić information content (AvgIpc) is 3.13. The minimum Gasteiger partial charge on any atom is -0.497 e. The van der Waals surface area contributed by atoms with Crippen LogP contribution in [0.5, 0.6) is 5.75 Å². The first-order valence-corrected chi connectivity index (χ1v) is 8.90. The van der Waals surface area contributed by atoms with Crippen molar-refractivity contribution in [2.75, 3.05) is 39.8 Å². The Labute approximate surface area is 158 Å². The van der Waals surface area contributed by atoms with Crippen LogP contribution in [-0.4, -0.2) is 66.6 Å². The zero-order valence-corrected chi connectivity index (χ0v) is 15.6. The van der Waals surface area contributed by atoms with E-state index in [0.717, 1.165) is 11.3 Å². The van der Waals surface area contributed by atoms with Gasteiger partial charge in [0.05, 0.1) is 19.3 Å². The molecular formula is C19H24N4O4. The zero-order valence-electron chi connectivity index (χ0n) is 15.6. The molecule has 8 heteroatoms. The van der Waals surface area contributed by atoms with Crippen molar-refractivity contribution in [3.63, 3.8) is 0 Å². The van der Waals surface area contributed by atoms with Gasteiger partial charge in [-0.05, 0) is 24.6 Å². The standard InChI is InChI=1S/C19H24N4O4/c1-14-10-17(27-21-14)19(25)23-8-6-22(7-9-23)13-18(24)20-12-15-4-3-5-16(11-15)26-2/h3-5,10-11H,6-9,12-13H2,1-2H3,(H,20,24). The Morgan fingerprint density at radius 2 is 2.00 bits per heavy atom. The maximum absolute atomic E-state index is 12.3. The number of hydrogen-bond donors (Lipinski definition) is 1. The van der Waals surface area contributed by atoms with Crippen LogP contribution in [0.1, 0.15) is 21.8 Å². The van der Waals surface area contributed by atoms with E-state index >= 15 is 0 Å². The zero-order chi connectivity index (χ0) is 19.2. The predicted octanol–water partition coefficient (Wildman–Crippen LogP) is 1.07. The summed E-state index contributed by atoms with van der Waals surface area (Å²) in [4.78, 5) is 28.3. The van der Waals surface area contributed by atoms with Crippen molar-refractivity contribution in [2.24, 2.45) is 0 Å². The van der Waals surface area contributed by atoms with E-state index in [1.807, 2.05) is 29.2 Å². The maximum Gasteiger partial charge on any atom is 0.292 e. The smallest absolute Gasteiger partial charge is 0.292 e. The minimum atomic E-state index is -0.155. The number of hydrogen-bond acceptors (Lipinski definition) is 6. The summed E-state index contributed by atoms with van der Waals surface area (Å²) < 4.78 is 10.2. The summed E-state index contributed by atoms with van der Waals surface area (Å²) in [5, 5.41) is 6.67. The molecule has 27 heavy (non-hydrogen) atoms. The number of amides is 2. The van der Waals surface area contributed by atoms with E-state index in [1.165, 1.54) is 0 Å². The lowest BCUT2D eigenvalue weighted by Crippen LogP contribution is -2.51. The third kappa shape index (κ3) is 5.07. The summed E-state index contributed by atoms with van der Waals surface area (Å²) in [6.45, 7) is 4.95. The Hall–Kier alpha value is -2.87. The van der Waals surface area contributed by atoms with E-state index in [-0.39, 0.29) is 17.6 Å². The molecule has 1 aliphatic rings. The molecule has 1 aromatic heterocycles. The monoisotopic (exact) mass is 372 g/mol. The van der Waals surface area contributed by atoms with Crippen LogP contribution in [0, 0.1) is 6.92 Å². The average molecular weight is 372 g/mol. The summed E-state index contributed by atoms with van der Waals surface area (Å²) in [6, 6.07) is 9.24. The Morgan fingerprint density at radius 3 is 2.67 bits per heavy atom. The molecule has 1 saturated heterocycles. The molecule has 1 fully saturated rings. The van der Waals surface area contributed by atoms with Crippen molar-refractivity contribution in [3.05, 3.63) is 47.3 Å². The number of methoxy groups -OCH3 is 1. The van der Waals surface area contributed by atoms with E-state index in [4.69, 9.17) is 9.26 Å². The molecule has 3 rings (SSSR count). The molecule has 144 valence electrons. The van der Waals surface area contributed by atoms with Crippen LogP contribution in [0.25, 0.3) is 0 Å². The molecule has 1 aliphatic heterocycles. The van der Waals surface area contributed by atoms with Gasteiger partial charge >= 0.3 is 0 Å². The van der Waals surface area contributed by atoms with Gasteiger partial charge < -0.3 is 19.5 Å². The maximum atomic E-state index is 12.3. The molecule has 2 aromatic rings. The van der Waals surface area contributed by atoms with Gasteiger partial charge in [0.25, 0.3) is 5.91 Å². The fourth-order valence-electron chi connectivity index (χ4n) is 2.97. The highest BCUT2D eigenvalue weighted by Crippen LogP contribution is 2.12. The first-order chi connectivity index (χ1) is 13.0. The van der Waals surface area contributed by atoms with Crippen molar-refractivity contribution < 1.29 is 18.8 Å². The third-order valence-electron chi connectivity index (χ3n) is 4.49. The van der Waals surface area contributed by atoms with Gasteiger partial charge in [-0.3, -0.25) is 14.5 Å². The second-order valence-corrected chi connectivity index (χ2v) is 6.53. The van der Waals surface area contributed by atoms with Crippen LogP contribution in [0.4, 0.5) is 0 Å². The second kappa shape index (κ2) is 8.68. The van der Waals surface area contributed by atoms with Crippen molar-refractivity contribution in [1.82, 2.24) is 20.3 Å². The highest BCUT2D eigenvalue weighted by atomic mass is 16.5. The molecule has 0 radical (unpaired) electrons. The lowest BCUT2D eigenvalue weighted by Gasteiger charge is -2.33. The summed E-state index contributed by atoms with van der Waals surface area (Å²) in [5.41, 5.74) is 1.67. The summed E-state index contributed by atoms with van der Waals surface area (Å²) in [7, 11) is 1.62. The van der Waals surface area contributed by atoms with Crippen LogP contribution in [0.3, 0.4) is 0 Å². The third-order valence-corrected chi connectivity index (χ3v) is 4.49. The van der Waals surface area contributed by atoms with Gasteiger partial charge in [-0.15, -0.1) is 0 Å². The van der Waals surface area contributed by atoms with Crippen LogP contribution in [0.15, 0.2) is 34.9 Å². The number of carbonyl (C=O) groups excluding carboxylic acids is 2. The van der Waals surface area contributed by atoms with Crippen molar-refractivity contribution >= 4 is 11.8 Å². The number of benzene rings is 1. The molecule has 0 aliphatic carbocycles. The largest absolute Gasteiger partial charge is 0.497 e. The molecule has 2 amide bonds. The van der Waals surface area contributed by atoms with Crippen LogP contribution < -0.4 is 10.1 Å². The van der Waals surface area contributed by atoms with Crippen LogP contribution in [-0.2, 0) is 11.3 Å². The summed E-state index contributed by atoms with van der Waals surface area (Å²) in [5.74, 6) is 0.836. The molecule has 0 atom stereocenters. The molecule has 1 aromatic carbocycles. The fraction of sp³-hybridized carbons (Fsp3) is 0.421. The molecule has 0 bridgehead atoms. The number of ether oxygens (including phenoxy) is 1. The number of aromatic nitrogens is 1. The highest BCUT2D eigenvalue weighted by molar-refractivity contribution is 5.91. The minimum absolute atomic E-state index is 0.0385. The van der Waals surface area contributed by atoms with Gasteiger partial charge in [0.1, 0.15) is 5.75 Å². The highest BCUT2D eigenvalue weighted by Gasteiger charge is 2.25. The number of aryl methyl sites for hydroxylation is 1. The van der Waals surface area contributed by atoms with E-state index in [2.05, 4.69) is 10.5 Å². The van der Waals surface area contributed by atoms with E-state index in [9.17, 15) is 9.59 Å². The number of rotatable bonds is 6. The summed E-state index contributed by atoms with van der Waals surface area (Å²) in [6.07, 6.45) is 0. The van der Waals surface area contributed by atoms with E-state index in [1.54, 1.807) is 25.0 Å². The second-order valence-electron chi connectivity index (χ2n) is 6.53. The van der Waals surface area contributed by atoms with Gasteiger partial charge in [0, 0.05) is 38.8 Å². The van der Waals surface area contributed by atoms with Crippen molar-refractivity contribution in [3.8, 4) is 5.75 Å². The Kier molecular flexibility index (Phi) is 6.08. The lowest BCUT2D eigenvalue weighted by molar-refractivity contribution is -0.122.